The van der Waals surface area contributed by atoms with Gasteiger partial charge in [-0.25, -0.2) is 8.78 Å². The number of H-pyrrole nitrogens is 1. The van der Waals surface area contributed by atoms with Gasteiger partial charge in [0.25, 0.3) is 12.3 Å². The van der Waals surface area contributed by atoms with Crippen molar-refractivity contribution >= 4 is 5.91 Å². The Bertz CT molecular complexity index is 364. The van der Waals surface area contributed by atoms with Gasteiger partial charge in [-0.15, -0.1) is 0 Å². The average molecular weight is 244 g/mol. The van der Waals surface area contributed by atoms with Crippen LogP contribution in [-0.4, -0.2) is 45.7 Å². The number of amides is 1. The molecule has 7 heteroatoms. The summed E-state index contributed by atoms with van der Waals surface area (Å²) in [5, 5.41) is 9.44. The van der Waals surface area contributed by atoms with Crippen LogP contribution in [0.3, 0.4) is 0 Å². The van der Waals surface area contributed by atoms with Gasteiger partial charge >= 0.3 is 0 Å². The Balaban J connectivity index is 2.00. The molecule has 0 spiro atoms. The second-order valence-corrected chi connectivity index (χ2v) is 4.25. The summed E-state index contributed by atoms with van der Waals surface area (Å²) in [5.74, 6) is -0.129. The lowest BCUT2D eigenvalue weighted by molar-refractivity contribution is 0.0465. The van der Waals surface area contributed by atoms with Gasteiger partial charge in [-0.05, 0) is 18.8 Å². The van der Waals surface area contributed by atoms with E-state index in [-0.39, 0.29) is 5.69 Å². The Hall–Kier alpha value is -1.53. The number of aromatic amines is 1. The molecule has 1 amide bonds. The van der Waals surface area contributed by atoms with Crippen molar-refractivity contribution in [2.75, 3.05) is 13.1 Å². The predicted molar refractivity (Wildman–Crippen MR) is 55.6 cm³/mol. The van der Waals surface area contributed by atoms with Crippen LogP contribution in [0.1, 0.15) is 29.8 Å². The molecule has 0 saturated heterocycles. The van der Waals surface area contributed by atoms with E-state index in [1.54, 1.807) is 0 Å². The van der Waals surface area contributed by atoms with E-state index in [0.29, 0.717) is 12.5 Å². The van der Waals surface area contributed by atoms with Crippen molar-refractivity contribution in [2.45, 2.75) is 25.7 Å². The molecule has 1 N–H and O–H groups in total. The molecule has 17 heavy (non-hydrogen) atoms. The molecule has 0 aromatic carbocycles. The van der Waals surface area contributed by atoms with Crippen LogP contribution in [0, 0.1) is 5.92 Å². The van der Waals surface area contributed by atoms with Gasteiger partial charge < -0.3 is 4.90 Å². The summed E-state index contributed by atoms with van der Waals surface area (Å²) in [5.41, 5.74) is 0.0879. The molecular weight excluding hydrogens is 230 g/mol. The highest BCUT2D eigenvalue weighted by atomic mass is 19.3. The van der Waals surface area contributed by atoms with Crippen LogP contribution in [-0.2, 0) is 0 Å². The summed E-state index contributed by atoms with van der Waals surface area (Å²) in [7, 11) is 0. The number of nitrogens with one attached hydrogen (secondary N) is 1. The highest BCUT2D eigenvalue weighted by molar-refractivity contribution is 5.91. The molecule has 0 aliphatic heterocycles. The summed E-state index contributed by atoms with van der Waals surface area (Å²) in [4.78, 5) is 13.1. The Morgan fingerprint density at radius 1 is 1.59 bits per heavy atom. The lowest BCUT2D eigenvalue weighted by Crippen LogP contribution is -2.40. The minimum atomic E-state index is -2.52. The third kappa shape index (κ3) is 2.98. The number of carbonyl (C=O) groups excluding carboxylic acids is 1. The van der Waals surface area contributed by atoms with Gasteiger partial charge in [0.1, 0.15) is 0 Å². The maximum absolute atomic E-state index is 12.4. The molecule has 0 bridgehead atoms. The zero-order chi connectivity index (χ0) is 12.3. The third-order valence-corrected chi connectivity index (χ3v) is 2.98. The molecule has 94 valence electrons. The number of hydrogen-bond donors (Lipinski definition) is 1. The lowest BCUT2D eigenvalue weighted by atomic mass is 9.85. The van der Waals surface area contributed by atoms with Crippen molar-refractivity contribution in [3.05, 3.63) is 11.9 Å². The van der Waals surface area contributed by atoms with E-state index in [9.17, 15) is 13.6 Å². The summed E-state index contributed by atoms with van der Waals surface area (Å²) in [6, 6.07) is 0. The average Bonchev–Trinajstić information content (AvgIpc) is 2.73. The smallest absolute Gasteiger partial charge is 0.276 e. The van der Waals surface area contributed by atoms with Crippen LogP contribution in [0.5, 0.6) is 0 Å². The van der Waals surface area contributed by atoms with Crippen LogP contribution >= 0.6 is 0 Å². The molecule has 0 atom stereocenters. The first-order valence-electron chi connectivity index (χ1n) is 5.60. The zero-order valence-corrected chi connectivity index (χ0v) is 9.27. The van der Waals surface area contributed by atoms with Crippen molar-refractivity contribution in [1.82, 2.24) is 20.3 Å². The molecule has 1 aromatic rings. The number of carbonyl (C=O) groups is 1. The maximum Gasteiger partial charge on any atom is 0.276 e. The van der Waals surface area contributed by atoms with Gasteiger partial charge in [-0.1, -0.05) is 6.42 Å². The van der Waals surface area contributed by atoms with E-state index in [0.717, 1.165) is 19.3 Å². The molecule has 0 unspecified atom stereocenters. The molecular formula is C10H14F2N4O. The van der Waals surface area contributed by atoms with E-state index in [2.05, 4.69) is 15.4 Å². The summed E-state index contributed by atoms with van der Waals surface area (Å²) >= 11 is 0. The van der Waals surface area contributed by atoms with Crippen LogP contribution in [0.4, 0.5) is 8.78 Å². The highest BCUT2D eigenvalue weighted by Crippen LogP contribution is 2.27. The quantitative estimate of drug-likeness (QED) is 0.849. The van der Waals surface area contributed by atoms with Gasteiger partial charge in [0, 0.05) is 6.54 Å². The molecule has 1 aliphatic carbocycles. The van der Waals surface area contributed by atoms with Crippen molar-refractivity contribution < 1.29 is 13.6 Å². The Morgan fingerprint density at radius 2 is 2.35 bits per heavy atom. The largest absolute Gasteiger partial charge is 0.331 e. The van der Waals surface area contributed by atoms with Gasteiger partial charge in [0.05, 0.1) is 12.7 Å². The highest BCUT2D eigenvalue weighted by Gasteiger charge is 2.27. The Kier molecular flexibility index (Phi) is 3.65. The van der Waals surface area contributed by atoms with E-state index in [1.807, 2.05) is 0 Å². The summed E-state index contributed by atoms with van der Waals surface area (Å²) in [6.07, 6.45) is 1.86. The summed E-state index contributed by atoms with van der Waals surface area (Å²) in [6.45, 7) is -0.155. The van der Waals surface area contributed by atoms with Crippen molar-refractivity contribution in [1.29, 1.82) is 0 Å². The minimum absolute atomic E-state index is 0.0879. The van der Waals surface area contributed by atoms with Gasteiger partial charge in [0.15, 0.2) is 5.69 Å². The number of rotatable bonds is 5. The van der Waals surface area contributed by atoms with Crippen molar-refractivity contribution in [2.24, 2.45) is 5.92 Å². The lowest BCUT2D eigenvalue weighted by Gasteiger charge is -2.31. The summed E-state index contributed by atoms with van der Waals surface area (Å²) < 4.78 is 24.8. The molecule has 1 aromatic heterocycles. The minimum Gasteiger partial charge on any atom is -0.331 e. The van der Waals surface area contributed by atoms with Crippen LogP contribution in [0.2, 0.25) is 0 Å². The van der Waals surface area contributed by atoms with Gasteiger partial charge in [-0.3, -0.25) is 4.79 Å². The van der Waals surface area contributed by atoms with Crippen LogP contribution < -0.4 is 0 Å². The maximum atomic E-state index is 12.4. The predicted octanol–water partition coefficient (Wildman–Crippen LogP) is 1.31. The Labute approximate surface area is 97.2 Å². The normalized spacial score (nSPS) is 15.9. The fourth-order valence-corrected chi connectivity index (χ4v) is 1.86. The molecule has 1 aliphatic rings. The van der Waals surface area contributed by atoms with Gasteiger partial charge in [-0.2, -0.15) is 15.4 Å². The second-order valence-electron chi connectivity index (χ2n) is 4.25. The fraction of sp³-hybridized carbons (Fsp3) is 0.700. The van der Waals surface area contributed by atoms with E-state index >= 15 is 0 Å². The number of halogens is 2. The number of aromatic nitrogens is 3. The molecule has 1 fully saturated rings. The molecule has 1 heterocycles. The number of nitrogens with zero attached hydrogens (tertiary/aromatic N) is 3. The van der Waals surface area contributed by atoms with Crippen LogP contribution in [0.25, 0.3) is 0 Å². The molecule has 5 nitrogen and oxygen atoms in total. The Morgan fingerprint density at radius 3 is 2.82 bits per heavy atom. The molecule has 1 saturated carbocycles. The first-order valence-corrected chi connectivity index (χ1v) is 5.60. The SMILES string of the molecule is O=C(c1cn[nH]n1)N(CC(F)F)CC1CCC1. The zero-order valence-electron chi connectivity index (χ0n) is 9.27. The third-order valence-electron chi connectivity index (χ3n) is 2.98. The molecule has 2 rings (SSSR count). The van der Waals surface area contributed by atoms with Gasteiger partial charge in [0.2, 0.25) is 0 Å². The van der Waals surface area contributed by atoms with Crippen molar-refractivity contribution in [3.63, 3.8) is 0 Å². The second kappa shape index (κ2) is 5.20. The van der Waals surface area contributed by atoms with E-state index < -0.39 is 18.9 Å². The monoisotopic (exact) mass is 244 g/mol. The first kappa shape index (κ1) is 11.9. The topological polar surface area (TPSA) is 61.9 Å². The van der Waals surface area contributed by atoms with Crippen LogP contribution in [0.15, 0.2) is 6.20 Å². The molecule has 0 radical (unpaired) electrons. The first-order chi connectivity index (χ1) is 8.16. The number of alkyl halides is 2. The number of hydrogen-bond acceptors (Lipinski definition) is 3. The fourth-order valence-electron chi connectivity index (χ4n) is 1.86. The van der Waals surface area contributed by atoms with E-state index in [1.165, 1.54) is 11.1 Å². The van der Waals surface area contributed by atoms with Crippen molar-refractivity contribution in [3.8, 4) is 0 Å². The van der Waals surface area contributed by atoms with E-state index in [4.69, 9.17) is 0 Å². The standard InChI is InChI=1S/C10H14F2N4O/c11-9(12)6-16(5-7-2-1-3-7)10(17)8-4-13-15-14-8/h4,7,9H,1-3,5-6H2,(H,13,14,15).